The van der Waals surface area contributed by atoms with Gasteiger partial charge in [0.2, 0.25) is 0 Å². The van der Waals surface area contributed by atoms with Crippen molar-refractivity contribution in [3.63, 3.8) is 0 Å². The molecule has 0 radical (unpaired) electrons. The van der Waals surface area contributed by atoms with Gasteiger partial charge in [-0.3, -0.25) is 4.79 Å². The third-order valence-electron chi connectivity index (χ3n) is 3.12. The van der Waals surface area contributed by atoms with Crippen LogP contribution in [0.2, 0.25) is 5.02 Å². The molecule has 0 aliphatic carbocycles. The van der Waals surface area contributed by atoms with Gasteiger partial charge >= 0.3 is 0 Å². The standard InChI is InChI=1S/C16H18ClFN4O/c1-10(2)8-9-19-13-6-7-14(22-21-13)20-16(23)15-11(17)4-3-5-12(15)18/h3-7,10H,8-9H2,1-2H3,(H,19,21)(H,20,22,23). The lowest BCUT2D eigenvalue weighted by Crippen LogP contribution is -2.16. The van der Waals surface area contributed by atoms with Crippen LogP contribution >= 0.6 is 11.6 Å². The number of amides is 1. The van der Waals surface area contributed by atoms with Gasteiger partial charge in [0.1, 0.15) is 11.6 Å². The predicted molar refractivity (Wildman–Crippen MR) is 89.3 cm³/mol. The molecular formula is C16H18ClFN4O. The normalized spacial score (nSPS) is 10.7. The van der Waals surface area contributed by atoms with Gasteiger partial charge in [0, 0.05) is 6.54 Å². The van der Waals surface area contributed by atoms with Crippen molar-refractivity contribution in [2.24, 2.45) is 5.92 Å². The minimum atomic E-state index is -0.685. The maximum Gasteiger partial charge on any atom is 0.261 e. The summed E-state index contributed by atoms with van der Waals surface area (Å²) in [5.41, 5.74) is -0.213. The van der Waals surface area contributed by atoms with Gasteiger partial charge in [-0.15, -0.1) is 10.2 Å². The monoisotopic (exact) mass is 336 g/mol. The smallest absolute Gasteiger partial charge is 0.261 e. The van der Waals surface area contributed by atoms with Crippen molar-refractivity contribution in [2.45, 2.75) is 20.3 Å². The molecule has 122 valence electrons. The van der Waals surface area contributed by atoms with E-state index >= 15 is 0 Å². The second-order valence-electron chi connectivity index (χ2n) is 5.46. The maximum atomic E-state index is 13.7. The van der Waals surface area contributed by atoms with Crippen LogP contribution in [-0.2, 0) is 0 Å². The first-order chi connectivity index (χ1) is 11.0. The molecule has 2 N–H and O–H groups in total. The highest BCUT2D eigenvalue weighted by Crippen LogP contribution is 2.20. The third kappa shape index (κ3) is 4.89. The predicted octanol–water partition coefficient (Wildman–Crippen LogP) is 3.98. The van der Waals surface area contributed by atoms with Crippen LogP contribution in [0.3, 0.4) is 0 Å². The number of carbonyl (C=O) groups is 1. The Hall–Kier alpha value is -2.21. The molecule has 2 rings (SSSR count). The van der Waals surface area contributed by atoms with Crippen molar-refractivity contribution in [2.75, 3.05) is 17.2 Å². The fourth-order valence-corrected chi connectivity index (χ4v) is 2.12. The molecule has 23 heavy (non-hydrogen) atoms. The third-order valence-corrected chi connectivity index (χ3v) is 3.44. The van der Waals surface area contributed by atoms with Crippen molar-refractivity contribution >= 4 is 29.1 Å². The SMILES string of the molecule is CC(C)CCNc1ccc(NC(=O)c2c(F)cccc2Cl)nn1. The zero-order valence-corrected chi connectivity index (χ0v) is 13.7. The molecule has 5 nitrogen and oxygen atoms in total. The summed E-state index contributed by atoms with van der Waals surface area (Å²) in [5.74, 6) is 0.0914. The maximum absolute atomic E-state index is 13.7. The molecule has 2 aromatic rings. The summed E-state index contributed by atoms with van der Waals surface area (Å²) in [4.78, 5) is 12.1. The largest absolute Gasteiger partial charge is 0.369 e. The summed E-state index contributed by atoms with van der Waals surface area (Å²) in [7, 11) is 0. The summed E-state index contributed by atoms with van der Waals surface area (Å²) in [6.45, 7) is 5.07. The van der Waals surface area contributed by atoms with Crippen LogP contribution in [0.4, 0.5) is 16.0 Å². The molecule has 1 aromatic heterocycles. The van der Waals surface area contributed by atoms with Gasteiger partial charge in [0.25, 0.3) is 5.91 Å². The van der Waals surface area contributed by atoms with Crippen molar-refractivity contribution in [3.8, 4) is 0 Å². The van der Waals surface area contributed by atoms with E-state index in [0.29, 0.717) is 11.7 Å². The van der Waals surface area contributed by atoms with Crippen LogP contribution in [0.1, 0.15) is 30.6 Å². The average Bonchev–Trinajstić information content (AvgIpc) is 2.48. The number of nitrogens with one attached hydrogen (secondary N) is 2. The van der Waals surface area contributed by atoms with E-state index in [4.69, 9.17) is 11.6 Å². The number of nitrogens with zero attached hydrogens (tertiary/aromatic N) is 2. The van der Waals surface area contributed by atoms with E-state index in [-0.39, 0.29) is 16.4 Å². The topological polar surface area (TPSA) is 66.9 Å². The minimum absolute atomic E-state index is 0.0439. The summed E-state index contributed by atoms with van der Waals surface area (Å²) in [6.07, 6.45) is 1.02. The van der Waals surface area contributed by atoms with E-state index < -0.39 is 11.7 Å². The number of rotatable bonds is 6. The van der Waals surface area contributed by atoms with Crippen LogP contribution in [0.25, 0.3) is 0 Å². The lowest BCUT2D eigenvalue weighted by Gasteiger charge is -2.09. The zero-order valence-electron chi connectivity index (χ0n) is 12.9. The number of carbonyl (C=O) groups excluding carboxylic acids is 1. The first kappa shape index (κ1) is 17.1. The van der Waals surface area contributed by atoms with Crippen LogP contribution in [0.5, 0.6) is 0 Å². The van der Waals surface area contributed by atoms with Gasteiger partial charge < -0.3 is 10.6 Å². The van der Waals surface area contributed by atoms with Crippen LogP contribution in [0.15, 0.2) is 30.3 Å². The van der Waals surface area contributed by atoms with E-state index in [2.05, 4.69) is 34.7 Å². The number of hydrogen-bond donors (Lipinski definition) is 2. The average molecular weight is 337 g/mol. The molecule has 0 aliphatic rings. The number of benzene rings is 1. The van der Waals surface area contributed by atoms with Crippen molar-refractivity contribution in [1.29, 1.82) is 0 Å². The van der Waals surface area contributed by atoms with E-state index in [0.717, 1.165) is 13.0 Å². The Morgan fingerprint density at radius 3 is 2.52 bits per heavy atom. The van der Waals surface area contributed by atoms with Gasteiger partial charge in [0.05, 0.1) is 10.6 Å². The molecule has 1 amide bonds. The summed E-state index contributed by atoms with van der Waals surface area (Å²) < 4.78 is 13.7. The molecule has 0 saturated heterocycles. The Kier molecular flexibility index (Phi) is 5.87. The highest BCUT2D eigenvalue weighted by Gasteiger charge is 2.16. The Morgan fingerprint density at radius 2 is 1.91 bits per heavy atom. The van der Waals surface area contributed by atoms with Gasteiger partial charge in [-0.25, -0.2) is 4.39 Å². The molecule has 0 saturated carbocycles. The Bertz CT molecular complexity index is 656. The van der Waals surface area contributed by atoms with Crippen molar-refractivity contribution in [3.05, 3.63) is 46.7 Å². The number of halogens is 2. The molecule has 0 aliphatic heterocycles. The molecule has 1 heterocycles. The lowest BCUT2D eigenvalue weighted by molar-refractivity contribution is 0.102. The van der Waals surface area contributed by atoms with Gasteiger partial charge in [0.15, 0.2) is 5.82 Å². The Morgan fingerprint density at radius 1 is 1.22 bits per heavy atom. The van der Waals surface area contributed by atoms with Crippen molar-refractivity contribution in [1.82, 2.24) is 10.2 Å². The van der Waals surface area contributed by atoms with Crippen LogP contribution in [0, 0.1) is 11.7 Å². The minimum Gasteiger partial charge on any atom is -0.369 e. The van der Waals surface area contributed by atoms with Crippen LogP contribution in [-0.4, -0.2) is 22.6 Å². The first-order valence-electron chi connectivity index (χ1n) is 7.30. The first-order valence-corrected chi connectivity index (χ1v) is 7.68. The number of aromatic nitrogens is 2. The Balaban J connectivity index is 1.99. The number of anilines is 2. The highest BCUT2D eigenvalue weighted by atomic mass is 35.5. The summed E-state index contributed by atoms with van der Waals surface area (Å²) in [5, 5.41) is 13.5. The molecular weight excluding hydrogens is 319 g/mol. The fraction of sp³-hybridized carbons (Fsp3) is 0.312. The van der Waals surface area contributed by atoms with E-state index in [1.165, 1.54) is 18.2 Å². The van der Waals surface area contributed by atoms with Gasteiger partial charge in [-0.05, 0) is 36.6 Å². The molecule has 0 atom stereocenters. The van der Waals surface area contributed by atoms with E-state index in [1.54, 1.807) is 12.1 Å². The second-order valence-corrected chi connectivity index (χ2v) is 5.87. The van der Waals surface area contributed by atoms with Crippen LogP contribution < -0.4 is 10.6 Å². The molecule has 0 unspecified atom stereocenters. The quantitative estimate of drug-likeness (QED) is 0.837. The van der Waals surface area contributed by atoms with E-state index in [9.17, 15) is 9.18 Å². The highest BCUT2D eigenvalue weighted by molar-refractivity contribution is 6.34. The van der Waals surface area contributed by atoms with E-state index in [1.807, 2.05) is 0 Å². The second kappa shape index (κ2) is 7.87. The van der Waals surface area contributed by atoms with Crippen molar-refractivity contribution < 1.29 is 9.18 Å². The lowest BCUT2D eigenvalue weighted by atomic mass is 10.1. The summed E-state index contributed by atoms with van der Waals surface area (Å²) in [6, 6.07) is 7.36. The molecule has 0 bridgehead atoms. The van der Waals surface area contributed by atoms with Gasteiger partial charge in [-0.2, -0.15) is 0 Å². The summed E-state index contributed by atoms with van der Waals surface area (Å²) >= 11 is 5.85. The van der Waals surface area contributed by atoms with Gasteiger partial charge in [-0.1, -0.05) is 31.5 Å². The molecule has 1 aromatic carbocycles. The molecule has 0 fully saturated rings. The Labute approximate surface area is 139 Å². The molecule has 7 heteroatoms. The number of hydrogen-bond acceptors (Lipinski definition) is 4. The molecule has 0 spiro atoms. The zero-order chi connectivity index (χ0) is 16.8. The fourth-order valence-electron chi connectivity index (χ4n) is 1.88.